The maximum atomic E-state index is 12.9. The molecule has 0 aliphatic carbocycles. The molecule has 0 saturated carbocycles. The van der Waals surface area contributed by atoms with Crippen molar-refractivity contribution in [2.45, 2.75) is 18.9 Å². The van der Waals surface area contributed by atoms with Crippen LogP contribution >= 0.6 is 0 Å². The Balaban J connectivity index is 1.42. The van der Waals surface area contributed by atoms with Crippen LogP contribution in [0.3, 0.4) is 0 Å². The first kappa shape index (κ1) is 16.6. The second kappa shape index (κ2) is 6.26. The highest BCUT2D eigenvalue weighted by Gasteiger charge is 2.38. The molecular weight excluding hydrogens is 362 g/mol. The van der Waals surface area contributed by atoms with Crippen molar-refractivity contribution in [3.63, 3.8) is 0 Å². The minimum absolute atomic E-state index is 0.135. The van der Waals surface area contributed by atoms with Crippen LogP contribution in [-0.2, 0) is 4.79 Å². The van der Waals surface area contributed by atoms with Gasteiger partial charge in [0.1, 0.15) is 6.04 Å². The highest BCUT2D eigenvalue weighted by atomic mass is 16.7. The molecule has 2 aromatic rings. The van der Waals surface area contributed by atoms with E-state index in [9.17, 15) is 14.4 Å². The third-order valence-electron chi connectivity index (χ3n) is 5.22. The average Bonchev–Trinajstić information content (AvgIpc) is 3.35. The van der Waals surface area contributed by atoms with Crippen molar-refractivity contribution in [1.29, 1.82) is 0 Å². The second-order valence-corrected chi connectivity index (χ2v) is 6.93. The average molecular weight is 379 g/mol. The summed E-state index contributed by atoms with van der Waals surface area (Å²) in [6.45, 7) is 0.695. The minimum Gasteiger partial charge on any atom is -0.454 e. The number of rotatable bonds is 2. The molecule has 1 saturated heterocycles. The van der Waals surface area contributed by atoms with Crippen LogP contribution in [0.4, 0.5) is 11.4 Å². The highest BCUT2D eigenvalue weighted by Crippen LogP contribution is 2.33. The molecule has 1 unspecified atom stereocenters. The quantitative estimate of drug-likeness (QED) is 0.834. The van der Waals surface area contributed by atoms with Gasteiger partial charge < -0.3 is 25.0 Å². The molecule has 0 bridgehead atoms. The van der Waals surface area contributed by atoms with Gasteiger partial charge in [0.25, 0.3) is 11.8 Å². The first-order valence-corrected chi connectivity index (χ1v) is 9.07. The monoisotopic (exact) mass is 379 g/mol. The summed E-state index contributed by atoms with van der Waals surface area (Å²) in [5, 5.41) is 5.61. The fourth-order valence-electron chi connectivity index (χ4n) is 3.80. The van der Waals surface area contributed by atoms with Crippen molar-refractivity contribution in [2.75, 3.05) is 24.0 Å². The Kier molecular flexibility index (Phi) is 3.71. The summed E-state index contributed by atoms with van der Waals surface area (Å²) in [7, 11) is 0. The Bertz CT molecular complexity index is 1020. The number of amides is 3. The minimum atomic E-state index is -0.424. The third kappa shape index (κ3) is 2.65. The molecule has 5 rings (SSSR count). The van der Waals surface area contributed by atoms with Crippen molar-refractivity contribution < 1.29 is 23.9 Å². The zero-order chi connectivity index (χ0) is 19.3. The van der Waals surface area contributed by atoms with Gasteiger partial charge in [-0.15, -0.1) is 0 Å². The summed E-state index contributed by atoms with van der Waals surface area (Å²) in [4.78, 5) is 39.4. The number of nitrogens with zero attached hydrogens (tertiary/aromatic N) is 1. The molecule has 8 heteroatoms. The van der Waals surface area contributed by atoms with E-state index in [1.165, 1.54) is 0 Å². The van der Waals surface area contributed by atoms with E-state index < -0.39 is 6.04 Å². The molecule has 3 heterocycles. The number of nitrogens with one attached hydrogen (secondary N) is 2. The molecule has 1 atom stereocenters. The van der Waals surface area contributed by atoms with E-state index in [1.807, 2.05) is 0 Å². The fourth-order valence-corrected chi connectivity index (χ4v) is 3.80. The molecule has 142 valence electrons. The fraction of sp³-hybridized carbons (Fsp3) is 0.250. The van der Waals surface area contributed by atoms with E-state index in [0.29, 0.717) is 47.0 Å². The van der Waals surface area contributed by atoms with Gasteiger partial charge in [-0.25, -0.2) is 0 Å². The predicted octanol–water partition coefficient (Wildman–Crippen LogP) is 2.22. The third-order valence-corrected chi connectivity index (χ3v) is 5.22. The van der Waals surface area contributed by atoms with Crippen LogP contribution in [0, 0.1) is 0 Å². The van der Waals surface area contributed by atoms with Crippen LogP contribution in [-0.4, -0.2) is 42.0 Å². The Hall–Kier alpha value is -3.55. The zero-order valence-electron chi connectivity index (χ0n) is 14.9. The second-order valence-electron chi connectivity index (χ2n) is 6.93. The van der Waals surface area contributed by atoms with Crippen molar-refractivity contribution >= 4 is 29.1 Å². The molecule has 3 aliphatic rings. The van der Waals surface area contributed by atoms with Gasteiger partial charge in [0, 0.05) is 17.8 Å². The molecule has 3 amide bonds. The van der Waals surface area contributed by atoms with Gasteiger partial charge in [-0.2, -0.15) is 0 Å². The SMILES string of the molecule is O=C(Nc1ccc2c(c1)C(=O)N1CCCC1C(=O)N2)c1ccc2c(c1)OCO2. The maximum absolute atomic E-state index is 12.9. The lowest BCUT2D eigenvalue weighted by Crippen LogP contribution is -2.40. The van der Waals surface area contributed by atoms with Gasteiger partial charge in [-0.3, -0.25) is 14.4 Å². The largest absolute Gasteiger partial charge is 0.454 e. The number of carbonyl (C=O) groups is 3. The van der Waals surface area contributed by atoms with E-state index in [0.717, 1.165) is 6.42 Å². The Labute approximate surface area is 160 Å². The van der Waals surface area contributed by atoms with Crippen molar-refractivity contribution in [3.05, 3.63) is 47.5 Å². The van der Waals surface area contributed by atoms with E-state index in [2.05, 4.69) is 10.6 Å². The van der Waals surface area contributed by atoms with E-state index in [1.54, 1.807) is 41.3 Å². The lowest BCUT2D eigenvalue weighted by Gasteiger charge is -2.20. The standard InChI is InChI=1S/C20H17N3O5/c24-18(11-3-6-16-17(8-11)28-10-27-16)21-12-4-5-14-13(9-12)20(26)23-7-1-2-15(23)19(25)22-14/h3-6,8-9,15H,1-2,7,10H2,(H,21,24)(H,22,25). The zero-order valence-corrected chi connectivity index (χ0v) is 14.9. The van der Waals surface area contributed by atoms with E-state index in [-0.39, 0.29) is 24.5 Å². The maximum Gasteiger partial charge on any atom is 0.256 e. The highest BCUT2D eigenvalue weighted by molar-refractivity contribution is 6.11. The smallest absolute Gasteiger partial charge is 0.256 e. The molecule has 2 aromatic carbocycles. The lowest BCUT2D eigenvalue weighted by atomic mass is 10.1. The summed E-state index contributed by atoms with van der Waals surface area (Å²) in [6, 6.07) is 9.42. The first-order valence-electron chi connectivity index (χ1n) is 9.07. The molecule has 8 nitrogen and oxygen atoms in total. The molecule has 0 radical (unpaired) electrons. The van der Waals surface area contributed by atoms with Gasteiger partial charge in [-0.05, 0) is 49.2 Å². The van der Waals surface area contributed by atoms with Crippen molar-refractivity contribution in [2.24, 2.45) is 0 Å². The van der Waals surface area contributed by atoms with E-state index in [4.69, 9.17) is 9.47 Å². The van der Waals surface area contributed by atoms with Crippen LogP contribution in [0.5, 0.6) is 11.5 Å². The van der Waals surface area contributed by atoms with Crippen molar-refractivity contribution in [3.8, 4) is 11.5 Å². The van der Waals surface area contributed by atoms with Gasteiger partial charge >= 0.3 is 0 Å². The Morgan fingerprint density at radius 2 is 1.96 bits per heavy atom. The molecule has 28 heavy (non-hydrogen) atoms. The summed E-state index contributed by atoms with van der Waals surface area (Å²) in [6.07, 6.45) is 1.47. The number of benzene rings is 2. The molecular formula is C20H17N3O5. The summed E-state index contributed by atoms with van der Waals surface area (Å²) in [5.74, 6) is 0.426. The number of hydrogen-bond acceptors (Lipinski definition) is 5. The molecule has 2 N–H and O–H groups in total. The topological polar surface area (TPSA) is 97.0 Å². The Morgan fingerprint density at radius 1 is 1.11 bits per heavy atom. The van der Waals surface area contributed by atoms with E-state index >= 15 is 0 Å². The first-order chi connectivity index (χ1) is 13.6. The molecule has 1 fully saturated rings. The van der Waals surface area contributed by atoms with Crippen molar-refractivity contribution in [1.82, 2.24) is 4.90 Å². The van der Waals surface area contributed by atoms with Crippen LogP contribution in [0.1, 0.15) is 33.6 Å². The predicted molar refractivity (Wildman–Crippen MR) is 99.6 cm³/mol. The summed E-state index contributed by atoms with van der Waals surface area (Å²) in [5.41, 5.74) is 1.73. The normalized spacial score (nSPS) is 19.6. The van der Waals surface area contributed by atoms with Gasteiger partial charge in [0.05, 0.1) is 11.3 Å². The Morgan fingerprint density at radius 3 is 2.86 bits per heavy atom. The summed E-state index contributed by atoms with van der Waals surface area (Å²) < 4.78 is 10.5. The number of anilines is 2. The molecule has 0 spiro atoms. The number of fused-ring (bicyclic) bond motifs is 3. The number of carbonyl (C=O) groups excluding carboxylic acids is 3. The number of ether oxygens (including phenoxy) is 2. The van der Waals surface area contributed by atoms with Crippen LogP contribution in [0.15, 0.2) is 36.4 Å². The lowest BCUT2D eigenvalue weighted by molar-refractivity contribution is -0.119. The summed E-state index contributed by atoms with van der Waals surface area (Å²) >= 11 is 0. The number of hydrogen-bond donors (Lipinski definition) is 2. The van der Waals surface area contributed by atoms with Crippen LogP contribution < -0.4 is 20.1 Å². The van der Waals surface area contributed by atoms with Crippen LogP contribution in [0.25, 0.3) is 0 Å². The molecule has 3 aliphatic heterocycles. The molecule has 0 aromatic heterocycles. The van der Waals surface area contributed by atoms with Gasteiger partial charge in [-0.1, -0.05) is 0 Å². The van der Waals surface area contributed by atoms with Gasteiger partial charge in [0.15, 0.2) is 11.5 Å². The van der Waals surface area contributed by atoms with Gasteiger partial charge in [0.2, 0.25) is 12.7 Å². The van der Waals surface area contributed by atoms with Crippen LogP contribution in [0.2, 0.25) is 0 Å².